The molecular weight excluding hydrogens is 188 g/mol. The molecule has 0 amide bonds. The zero-order chi connectivity index (χ0) is 10.7. The zero-order valence-electron chi connectivity index (χ0n) is 8.74. The number of amidine groups is 1. The van der Waals surface area contributed by atoms with Crippen molar-refractivity contribution in [3.8, 4) is 0 Å². The highest BCUT2D eigenvalue weighted by atomic mass is 15.1. The molecule has 80 valence electrons. The van der Waals surface area contributed by atoms with Gasteiger partial charge in [-0.2, -0.15) is 0 Å². The average molecular weight is 204 g/mol. The van der Waals surface area contributed by atoms with Gasteiger partial charge in [-0.25, -0.2) is 0 Å². The lowest BCUT2D eigenvalue weighted by molar-refractivity contribution is 0.331. The molecule has 3 N–H and O–H groups in total. The topological polar surface area (TPSA) is 66.0 Å². The first-order chi connectivity index (χ1) is 7.27. The summed E-state index contributed by atoms with van der Waals surface area (Å²) in [4.78, 5) is 6.52. The van der Waals surface area contributed by atoms with E-state index in [0.29, 0.717) is 5.69 Å². The van der Waals surface area contributed by atoms with Crippen LogP contribution < -0.4 is 5.73 Å². The van der Waals surface area contributed by atoms with Gasteiger partial charge in [0.05, 0.1) is 0 Å². The number of aromatic nitrogens is 1. The smallest absolute Gasteiger partial charge is 0.142 e. The Morgan fingerprint density at radius 2 is 2.20 bits per heavy atom. The number of nitrogens with two attached hydrogens (primary N) is 1. The minimum absolute atomic E-state index is 0.0600. The van der Waals surface area contributed by atoms with E-state index in [1.54, 1.807) is 6.20 Å². The summed E-state index contributed by atoms with van der Waals surface area (Å²) in [6, 6.07) is 3.90. The molecule has 0 bridgehead atoms. The van der Waals surface area contributed by atoms with Gasteiger partial charge in [0.2, 0.25) is 0 Å². The highest BCUT2D eigenvalue weighted by Crippen LogP contribution is 2.14. The molecule has 0 saturated carbocycles. The van der Waals surface area contributed by atoms with Crippen molar-refractivity contribution in [1.82, 2.24) is 9.88 Å². The van der Waals surface area contributed by atoms with Crippen LogP contribution in [0.1, 0.15) is 24.1 Å². The van der Waals surface area contributed by atoms with Crippen LogP contribution >= 0.6 is 0 Å². The van der Waals surface area contributed by atoms with Crippen LogP contribution in [0.15, 0.2) is 18.3 Å². The number of nitrogens with zero attached hydrogens (tertiary/aromatic N) is 2. The maximum Gasteiger partial charge on any atom is 0.142 e. The van der Waals surface area contributed by atoms with Crippen molar-refractivity contribution in [2.45, 2.75) is 19.4 Å². The van der Waals surface area contributed by atoms with E-state index in [-0.39, 0.29) is 5.84 Å². The first-order valence-electron chi connectivity index (χ1n) is 5.28. The van der Waals surface area contributed by atoms with E-state index < -0.39 is 0 Å². The third kappa shape index (κ3) is 2.33. The van der Waals surface area contributed by atoms with Crippen LogP contribution in [0, 0.1) is 5.41 Å². The van der Waals surface area contributed by atoms with Crippen molar-refractivity contribution in [2.24, 2.45) is 5.73 Å². The van der Waals surface area contributed by atoms with Crippen LogP contribution in [0.4, 0.5) is 0 Å². The number of pyridine rings is 1. The van der Waals surface area contributed by atoms with E-state index in [9.17, 15) is 0 Å². The lowest BCUT2D eigenvalue weighted by Gasteiger charge is -2.16. The summed E-state index contributed by atoms with van der Waals surface area (Å²) in [5.41, 5.74) is 7.18. The zero-order valence-corrected chi connectivity index (χ0v) is 8.74. The minimum Gasteiger partial charge on any atom is -0.382 e. The molecule has 1 saturated heterocycles. The van der Waals surface area contributed by atoms with Crippen molar-refractivity contribution in [1.29, 1.82) is 5.41 Å². The molecule has 1 fully saturated rings. The summed E-state index contributed by atoms with van der Waals surface area (Å²) in [5.74, 6) is 0.0600. The number of likely N-dealkylation sites (tertiary alicyclic amines) is 1. The number of hydrogen-bond acceptors (Lipinski definition) is 3. The molecule has 2 rings (SSSR count). The van der Waals surface area contributed by atoms with Gasteiger partial charge in [0.1, 0.15) is 11.5 Å². The van der Waals surface area contributed by atoms with Crippen molar-refractivity contribution in [2.75, 3.05) is 13.1 Å². The van der Waals surface area contributed by atoms with Crippen LogP contribution in [0.3, 0.4) is 0 Å². The molecule has 0 radical (unpaired) electrons. The second kappa shape index (κ2) is 4.40. The van der Waals surface area contributed by atoms with Crippen LogP contribution in [-0.4, -0.2) is 28.8 Å². The Hall–Kier alpha value is -1.42. The van der Waals surface area contributed by atoms with Gasteiger partial charge in [-0.3, -0.25) is 15.3 Å². The molecule has 0 aliphatic carbocycles. The summed E-state index contributed by atoms with van der Waals surface area (Å²) in [5, 5.41) is 7.45. The summed E-state index contributed by atoms with van der Waals surface area (Å²) in [7, 11) is 0. The van der Waals surface area contributed by atoms with Gasteiger partial charge < -0.3 is 5.73 Å². The first kappa shape index (κ1) is 10.1. The molecule has 1 aromatic heterocycles. The Morgan fingerprint density at radius 3 is 2.87 bits per heavy atom. The predicted molar refractivity (Wildman–Crippen MR) is 59.8 cm³/mol. The fourth-order valence-corrected chi connectivity index (χ4v) is 1.99. The Labute approximate surface area is 89.6 Å². The quantitative estimate of drug-likeness (QED) is 0.569. The van der Waals surface area contributed by atoms with Gasteiger partial charge in [0, 0.05) is 12.7 Å². The number of nitrogen functional groups attached to an aromatic ring is 1. The Balaban J connectivity index is 2.15. The fraction of sp³-hybridized carbons (Fsp3) is 0.455. The summed E-state index contributed by atoms with van der Waals surface area (Å²) in [6.45, 7) is 3.15. The molecular formula is C11H16N4. The average Bonchev–Trinajstić information content (AvgIpc) is 2.71. The maximum atomic E-state index is 7.45. The largest absolute Gasteiger partial charge is 0.382 e. The maximum absolute atomic E-state index is 7.45. The highest BCUT2D eigenvalue weighted by Gasteiger charge is 2.14. The fourth-order valence-electron chi connectivity index (χ4n) is 1.99. The summed E-state index contributed by atoms with van der Waals surface area (Å²) < 4.78 is 0. The van der Waals surface area contributed by atoms with E-state index >= 15 is 0 Å². The molecule has 0 unspecified atom stereocenters. The first-order valence-corrected chi connectivity index (χ1v) is 5.28. The van der Waals surface area contributed by atoms with E-state index in [1.807, 2.05) is 12.1 Å². The molecule has 15 heavy (non-hydrogen) atoms. The van der Waals surface area contributed by atoms with Gasteiger partial charge in [0.15, 0.2) is 0 Å². The van der Waals surface area contributed by atoms with Crippen LogP contribution in [0.25, 0.3) is 0 Å². The van der Waals surface area contributed by atoms with E-state index in [0.717, 1.165) is 25.2 Å². The Kier molecular flexibility index (Phi) is 2.97. The molecule has 0 atom stereocenters. The third-order valence-electron chi connectivity index (χ3n) is 2.74. The molecule has 1 aliphatic heterocycles. The van der Waals surface area contributed by atoms with Crippen LogP contribution in [0.5, 0.6) is 0 Å². The van der Waals surface area contributed by atoms with Gasteiger partial charge in [-0.05, 0) is 37.6 Å². The van der Waals surface area contributed by atoms with Gasteiger partial charge in [0.25, 0.3) is 0 Å². The lowest BCUT2D eigenvalue weighted by atomic mass is 10.1. The predicted octanol–water partition coefficient (Wildman–Crippen LogP) is 0.961. The SMILES string of the molecule is N=C(N)c1ncccc1CN1CCCC1. The van der Waals surface area contributed by atoms with Crippen molar-refractivity contribution < 1.29 is 0 Å². The van der Waals surface area contributed by atoms with Crippen LogP contribution in [0.2, 0.25) is 0 Å². The molecule has 4 nitrogen and oxygen atoms in total. The molecule has 2 heterocycles. The molecule has 1 aliphatic rings. The lowest BCUT2D eigenvalue weighted by Crippen LogP contribution is -2.22. The second-order valence-corrected chi connectivity index (χ2v) is 3.91. The van der Waals surface area contributed by atoms with Crippen molar-refractivity contribution >= 4 is 5.84 Å². The second-order valence-electron chi connectivity index (χ2n) is 3.91. The number of nitrogens with one attached hydrogen (secondary N) is 1. The normalized spacial score (nSPS) is 16.8. The van der Waals surface area contributed by atoms with Gasteiger partial charge in [-0.1, -0.05) is 6.07 Å². The Bertz CT molecular complexity index is 355. The highest BCUT2D eigenvalue weighted by molar-refractivity contribution is 5.94. The number of rotatable bonds is 3. The third-order valence-corrected chi connectivity index (χ3v) is 2.74. The van der Waals surface area contributed by atoms with E-state index in [4.69, 9.17) is 11.1 Å². The summed E-state index contributed by atoms with van der Waals surface area (Å²) >= 11 is 0. The van der Waals surface area contributed by atoms with Crippen molar-refractivity contribution in [3.63, 3.8) is 0 Å². The molecule has 0 aromatic carbocycles. The molecule has 1 aromatic rings. The minimum atomic E-state index is 0.0600. The monoisotopic (exact) mass is 204 g/mol. The van der Waals surface area contributed by atoms with E-state index in [2.05, 4.69) is 9.88 Å². The number of hydrogen-bond donors (Lipinski definition) is 2. The standard InChI is InChI=1S/C11H16N4/c12-11(13)10-9(4-3-5-14-10)8-15-6-1-2-7-15/h3-5H,1-2,6-8H2,(H3,12,13). The summed E-state index contributed by atoms with van der Waals surface area (Å²) in [6.07, 6.45) is 4.23. The van der Waals surface area contributed by atoms with Crippen molar-refractivity contribution in [3.05, 3.63) is 29.6 Å². The van der Waals surface area contributed by atoms with Crippen LogP contribution in [-0.2, 0) is 6.54 Å². The molecule has 4 heteroatoms. The van der Waals surface area contributed by atoms with E-state index in [1.165, 1.54) is 12.8 Å². The van der Waals surface area contributed by atoms with Gasteiger partial charge in [-0.15, -0.1) is 0 Å². The molecule has 0 spiro atoms. The Morgan fingerprint density at radius 1 is 1.47 bits per heavy atom. The van der Waals surface area contributed by atoms with Gasteiger partial charge >= 0.3 is 0 Å².